The number of hydrogen-bond acceptors (Lipinski definition) is 4. The molecule has 0 bridgehead atoms. The van der Waals surface area contributed by atoms with Gasteiger partial charge in [-0.3, -0.25) is 0 Å². The fourth-order valence-corrected chi connectivity index (χ4v) is 3.17. The summed E-state index contributed by atoms with van der Waals surface area (Å²) in [5.74, 6) is -1.15. The first-order valence-corrected chi connectivity index (χ1v) is 7.10. The van der Waals surface area contributed by atoms with E-state index in [1.54, 1.807) is 25.9 Å². The van der Waals surface area contributed by atoms with Crippen molar-refractivity contribution >= 4 is 15.8 Å². The lowest BCUT2D eigenvalue weighted by Crippen LogP contribution is -2.22. The molecule has 0 aliphatic heterocycles. The van der Waals surface area contributed by atoms with Gasteiger partial charge < -0.3 is 10.0 Å². The monoisotopic (exact) mass is 271 g/mol. The molecule has 1 rings (SSSR count). The SMILES string of the molecule is Cc1ccc(C(=O)O)cc1S(=O)(=O)CCN(C)C. The topological polar surface area (TPSA) is 74.7 Å². The highest BCUT2D eigenvalue weighted by atomic mass is 32.2. The Kier molecular flexibility index (Phi) is 4.48. The lowest BCUT2D eigenvalue weighted by Gasteiger charge is -2.12. The summed E-state index contributed by atoms with van der Waals surface area (Å²) in [5, 5.41) is 8.88. The Bertz CT molecular complexity index is 549. The highest BCUT2D eigenvalue weighted by molar-refractivity contribution is 7.91. The predicted octanol–water partition coefficient (Wildman–Crippen LogP) is 1.03. The lowest BCUT2D eigenvalue weighted by molar-refractivity contribution is 0.0696. The van der Waals surface area contributed by atoms with Gasteiger partial charge in [0.2, 0.25) is 0 Å². The standard InChI is InChI=1S/C12H17NO4S/c1-9-4-5-10(12(14)15)8-11(9)18(16,17)7-6-13(2)3/h4-5,8H,6-7H2,1-3H3,(H,14,15). The Morgan fingerprint density at radius 3 is 2.44 bits per heavy atom. The average molecular weight is 271 g/mol. The second-order valence-electron chi connectivity index (χ2n) is 4.41. The van der Waals surface area contributed by atoms with E-state index in [1.807, 2.05) is 0 Å². The maximum absolute atomic E-state index is 12.1. The molecule has 5 nitrogen and oxygen atoms in total. The first kappa shape index (κ1) is 14.7. The zero-order valence-electron chi connectivity index (χ0n) is 10.7. The van der Waals surface area contributed by atoms with Crippen molar-refractivity contribution in [2.75, 3.05) is 26.4 Å². The Morgan fingerprint density at radius 2 is 1.94 bits per heavy atom. The third-order valence-electron chi connectivity index (χ3n) is 2.58. The molecule has 0 saturated heterocycles. The molecule has 0 aliphatic carbocycles. The minimum Gasteiger partial charge on any atom is -0.478 e. The fraction of sp³-hybridized carbons (Fsp3) is 0.417. The summed E-state index contributed by atoms with van der Waals surface area (Å²) < 4.78 is 24.2. The van der Waals surface area contributed by atoms with Crippen molar-refractivity contribution in [1.29, 1.82) is 0 Å². The van der Waals surface area contributed by atoms with E-state index in [0.29, 0.717) is 12.1 Å². The van der Waals surface area contributed by atoms with Crippen LogP contribution in [0.25, 0.3) is 0 Å². The van der Waals surface area contributed by atoms with Crippen LogP contribution in [0.4, 0.5) is 0 Å². The van der Waals surface area contributed by atoms with Gasteiger partial charge in [0.15, 0.2) is 9.84 Å². The van der Waals surface area contributed by atoms with Gasteiger partial charge in [0.1, 0.15) is 0 Å². The summed E-state index contributed by atoms with van der Waals surface area (Å²) in [6.45, 7) is 2.06. The van der Waals surface area contributed by atoms with Crippen LogP contribution in [0.3, 0.4) is 0 Å². The average Bonchev–Trinajstić information content (AvgIpc) is 2.26. The van der Waals surface area contributed by atoms with Gasteiger partial charge in [-0.05, 0) is 38.7 Å². The second-order valence-corrected chi connectivity index (χ2v) is 6.49. The Morgan fingerprint density at radius 1 is 1.33 bits per heavy atom. The van der Waals surface area contributed by atoms with E-state index >= 15 is 0 Å². The number of carboxylic acids is 1. The van der Waals surface area contributed by atoms with Crippen molar-refractivity contribution < 1.29 is 18.3 Å². The van der Waals surface area contributed by atoms with Crippen LogP contribution in [0, 0.1) is 6.92 Å². The Labute approximate surface area is 107 Å². The second kappa shape index (κ2) is 5.49. The molecule has 100 valence electrons. The summed E-state index contributed by atoms with van der Waals surface area (Å²) in [6.07, 6.45) is 0. The highest BCUT2D eigenvalue weighted by Crippen LogP contribution is 2.18. The van der Waals surface area contributed by atoms with E-state index < -0.39 is 15.8 Å². The largest absolute Gasteiger partial charge is 0.478 e. The van der Waals surface area contributed by atoms with Gasteiger partial charge in [0.25, 0.3) is 0 Å². The number of aryl methyl sites for hydroxylation is 1. The van der Waals surface area contributed by atoms with Gasteiger partial charge in [-0.15, -0.1) is 0 Å². The van der Waals surface area contributed by atoms with Crippen molar-refractivity contribution in [3.63, 3.8) is 0 Å². The molecule has 1 N–H and O–H groups in total. The van der Waals surface area contributed by atoms with Crippen LogP contribution < -0.4 is 0 Å². The first-order chi connectivity index (χ1) is 8.24. The predicted molar refractivity (Wildman–Crippen MR) is 68.7 cm³/mol. The normalized spacial score (nSPS) is 11.8. The summed E-state index contributed by atoms with van der Waals surface area (Å²) in [5.41, 5.74) is 0.558. The molecule has 0 aliphatic rings. The van der Waals surface area contributed by atoms with Crippen LogP contribution in [0.1, 0.15) is 15.9 Å². The molecule has 1 aromatic rings. The van der Waals surface area contributed by atoms with Crippen LogP contribution in [-0.2, 0) is 9.84 Å². The van der Waals surface area contributed by atoms with Gasteiger partial charge in [-0.2, -0.15) is 0 Å². The molecule has 1 aromatic carbocycles. The van der Waals surface area contributed by atoms with E-state index in [2.05, 4.69) is 0 Å². The number of carbonyl (C=O) groups is 1. The van der Waals surface area contributed by atoms with Gasteiger partial charge in [-0.1, -0.05) is 6.07 Å². The molecule has 0 unspecified atom stereocenters. The van der Waals surface area contributed by atoms with Crippen LogP contribution in [0.5, 0.6) is 0 Å². The molecule has 0 fully saturated rings. The number of sulfone groups is 1. The smallest absolute Gasteiger partial charge is 0.335 e. The Balaban J connectivity index is 3.15. The number of hydrogen-bond donors (Lipinski definition) is 1. The number of carboxylic acid groups (broad SMARTS) is 1. The van der Waals surface area contributed by atoms with Gasteiger partial charge in [-0.25, -0.2) is 13.2 Å². The van der Waals surface area contributed by atoms with Crippen LogP contribution in [-0.4, -0.2) is 50.8 Å². The molecule has 0 aromatic heterocycles. The molecule has 0 atom stereocenters. The molecule has 0 heterocycles. The van der Waals surface area contributed by atoms with Crippen molar-refractivity contribution in [1.82, 2.24) is 4.90 Å². The minimum atomic E-state index is -3.45. The van der Waals surface area contributed by atoms with Crippen LogP contribution >= 0.6 is 0 Å². The zero-order valence-corrected chi connectivity index (χ0v) is 11.5. The maximum Gasteiger partial charge on any atom is 0.335 e. The van der Waals surface area contributed by atoms with Gasteiger partial charge >= 0.3 is 5.97 Å². The minimum absolute atomic E-state index is 0.0102. The van der Waals surface area contributed by atoms with Gasteiger partial charge in [0.05, 0.1) is 16.2 Å². The molecule has 6 heteroatoms. The van der Waals surface area contributed by atoms with Gasteiger partial charge in [0, 0.05) is 6.54 Å². The molecular formula is C12H17NO4S. The number of benzene rings is 1. The van der Waals surface area contributed by atoms with E-state index in [9.17, 15) is 13.2 Å². The molecule has 18 heavy (non-hydrogen) atoms. The van der Waals surface area contributed by atoms with E-state index in [4.69, 9.17) is 5.11 Å². The zero-order chi connectivity index (χ0) is 13.9. The van der Waals surface area contributed by atoms with E-state index in [-0.39, 0.29) is 16.2 Å². The molecule has 0 spiro atoms. The summed E-state index contributed by atoms with van der Waals surface area (Å²) in [6, 6.07) is 4.15. The molecular weight excluding hydrogens is 254 g/mol. The van der Waals surface area contributed by atoms with Crippen LogP contribution in [0.2, 0.25) is 0 Å². The third-order valence-corrected chi connectivity index (χ3v) is 4.41. The number of nitrogens with zero attached hydrogens (tertiary/aromatic N) is 1. The third kappa shape index (κ3) is 3.54. The molecule has 0 amide bonds. The van der Waals surface area contributed by atoms with E-state index in [1.165, 1.54) is 18.2 Å². The van der Waals surface area contributed by atoms with Crippen molar-refractivity contribution in [2.24, 2.45) is 0 Å². The van der Waals surface area contributed by atoms with Crippen LogP contribution in [0.15, 0.2) is 23.1 Å². The van der Waals surface area contributed by atoms with Crippen molar-refractivity contribution in [3.8, 4) is 0 Å². The number of aromatic carboxylic acids is 1. The maximum atomic E-state index is 12.1. The number of rotatable bonds is 5. The summed E-state index contributed by atoms with van der Waals surface area (Å²) >= 11 is 0. The Hall–Kier alpha value is -1.40. The molecule has 0 radical (unpaired) electrons. The van der Waals surface area contributed by atoms with E-state index in [0.717, 1.165) is 0 Å². The van der Waals surface area contributed by atoms with Crippen molar-refractivity contribution in [3.05, 3.63) is 29.3 Å². The molecule has 0 saturated carbocycles. The first-order valence-electron chi connectivity index (χ1n) is 5.45. The highest BCUT2D eigenvalue weighted by Gasteiger charge is 2.19. The lowest BCUT2D eigenvalue weighted by atomic mass is 10.1. The summed E-state index contributed by atoms with van der Waals surface area (Å²) in [7, 11) is 0.128. The summed E-state index contributed by atoms with van der Waals surface area (Å²) in [4.78, 5) is 12.7. The van der Waals surface area contributed by atoms with Crippen molar-refractivity contribution in [2.45, 2.75) is 11.8 Å². The fourth-order valence-electron chi connectivity index (χ4n) is 1.48. The quantitative estimate of drug-likeness (QED) is 0.865.